The van der Waals surface area contributed by atoms with E-state index in [4.69, 9.17) is 18.9 Å². The van der Waals surface area contributed by atoms with Gasteiger partial charge in [0.15, 0.2) is 5.96 Å². The number of hydrogen-bond donors (Lipinski definition) is 3. The van der Waals surface area contributed by atoms with Crippen LogP contribution in [0, 0.1) is 6.92 Å². The molecule has 0 bridgehead atoms. The second kappa shape index (κ2) is 13.4. The van der Waals surface area contributed by atoms with E-state index in [1.807, 2.05) is 32.0 Å². The fourth-order valence-electron chi connectivity index (χ4n) is 3.00. The van der Waals surface area contributed by atoms with Crippen LogP contribution in [0.5, 0.6) is 17.2 Å². The fourth-order valence-corrected chi connectivity index (χ4v) is 3.00. The molecular formula is C24H35N3O5. The van der Waals surface area contributed by atoms with Crippen molar-refractivity contribution >= 4 is 5.96 Å². The van der Waals surface area contributed by atoms with Gasteiger partial charge in [0, 0.05) is 31.8 Å². The Balaban J connectivity index is 2.07. The highest BCUT2D eigenvalue weighted by Gasteiger charge is 2.12. The fraction of sp³-hybridized carbons (Fsp3) is 0.458. The molecule has 0 fully saturated rings. The smallest absolute Gasteiger partial charge is 0.191 e. The van der Waals surface area contributed by atoms with Crippen LogP contribution in [0.15, 0.2) is 41.4 Å². The first kappa shape index (κ1) is 25.3. The van der Waals surface area contributed by atoms with Gasteiger partial charge in [0.05, 0.1) is 33.5 Å². The molecule has 0 radical (unpaired) electrons. The molecule has 8 nitrogen and oxygen atoms in total. The predicted molar refractivity (Wildman–Crippen MR) is 126 cm³/mol. The van der Waals surface area contributed by atoms with E-state index in [0.29, 0.717) is 49.3 Å². The third-order valence-corrected chi connectivity index (χ3v) is 4.74. The molecule has 0 aliphatic carbocycles. The minimum atomic E-state index is -0.768. The monoisotopic (exact) mass is 445 g/mol. The van der Waals surface area contributed by atoms with Gasteiger partial charge >= 0.3 is 0 Å². The van der Waals surface area contributed by atoms with E-state index in [1.165, 1.54) is 0 Å². The maximum Gasteiger partial charge on any atom is 0.191 e. The number of aliphatic hydroxyl groups excluding tert-OH is 1. The summed E-state index contributed by atoms with van der Waals surface area (Å²) in [6.45, 7) is 6.41. The Morgan fingerprint density at radius 1 is 1.00 bits per heavy atom. The van der Waals surface area contributed by atoms with E-state index in [0.717, 1.165) is 16.9 Å². The molecule has 0 heterocycles. The van der Waals surface area contributed by atoms with E-state index in [1.54, 1.807) is 39.5 Å². The minimum Gasteiger partial charge on any atom is -0.497 e. The van der Waals surface area contributed by atoms with Crippen LogP contribution in [-0.2, 0) is 11.3 Å². The number of ether oxygens (including phenoxy) is 4. The van der Waals surface area contributed by atoms with E-state index < -0.39 is 6.10 Å². The maximum absolute atomic E-state index is 10.7. The summed E-state index contributed by atoms with van der Waals surface area (Å²) in [4.78, 5) is 4.66. The zero-order chi connectivity index (χ0) is 23.3. The number of aryl methyl sites for hydroxylation is 1. The van der Waals surface area contributed by atoms with Crippen LogP contribution < -0.4 is 24.8 Å². The Kier molecular flexibility index (Phi) is 10.6. The Morgan fingerprint density at radius 2 is 1.72 bits per heavy atom. The number of nitrogens with one attached hydrogen (secondary N) is 2. The molecule has 3 N–H and O–H groups in total. The number of guanidine groups is 1. The van der Waals surface area contributed by atoms with Crippen molar-refractivity contribution in [3.8, 4) is 17.2 Å². The second-order valence-corrected chi connectivity index (χ2v) is 7.19. The molecule has 0 amide bonds. The van der Waals surface area contributed by atoms with Gasteiger partial charge in [0.1, 0.15) is 23.9 Å². The molecule has 1 unspecified atom stereocenters. The summed E-state index contributed by atoms with van der Waals surface area (Å²) < 4.78 is 21.5. The molecule has 0 spiro atoms. The Bertz CT molecular complexity index is 850. The average Bonchev–Trinajstić information content (AvgIpc) is 2.81. The zero-order valence-electron chi connectivity index (χ0n) is 19.6. The van der Waals surface area contributed by atoms with Crippen molar-refractivity contribution in [3.05, 3.63) is 53.1 Å². The third-order valence-electron chi connectivity index (χ3n) is 4.74. The van der Waals surface area contributed by atoms with E-state index >= 15 is 0 Å². The molecular weight excluding hydrogens is 410 g/mol. The van der Waals surface area contributed by atoms with Gasteiger partial charge in [0.2, 0.25) is 0 Å². The summed E-state index contributed by atoms with van der Waals surface area (Å²) in [6.07, 6.45) is -0.768. The number of aliphatic imine (C=N–C) groups is 1. The predicted octanol–water partition coefficient (Wildman–Crippen LogP) is 2.83. The summed E-state index contributed by atoms with van der Waals surface area (Å²) >= 11 is 0. The lowest BCUT2D eigenvalue weighted by molar-refractivity contribution is 0.145. The van der Waals surface area contributed by atoms with Crippen LogP contribution in [0.1, 0.15) is 29.7 Å². The van der Waals surface area contributed by atoms with Crippen molar-refractivity contribution in [1.82, 2.24) is 10.6 Å². The van der Waals surface area contributed by atoms with Gasteiger partial charge in [-0.05, 0) is 43.2 Å². The topological polar surface area (TPSA) is 93.6 Å². The molecule has 2 aromatic carbocycles. The van der Waals surface area contributed by atoms with Gasteiger partial charge in [-0.1, -0.05) is 12.1 Å². The van der Waals surface area contributed by atoms with Gasteiger partial charge < -0.3 is 34.7 Å². The molecule has 8 heteroatoms. The molecule has 0 aliphatic heterocycles. The average molecular weight is 446 g/mol. The highest BCUT2D eigenvalue weighted by atomic mass is 16.5. The lowest BCUT2D eigenvalue weighted by atomic mass is 10.1. The van der Waals surface area contributed by atoms with Gasteiger partial charge in [-0.2, -0.15) is 0 Å². The molecule has 0 aliphatic rings. The summed E-state index contributed by atoms with van der Waals surface area (Å²) in [6, 6.07) is 11.4. The largest absolute Gasteiger partial charge is 0.497 e. The van der Waals surface area contributed by atoms with Crippen LogP contribution in [0.25, 0.3) is 0 Å². The summed E-state index contributed by atoms with van der Waals surface area (Å²) in [5, 5.41) is 17.1. The van der Waals surface area contributed by atoms with Crippen molar-refractivity contribution in [2.45, 2.75) is 26.5 Å². The van der Waals surface area contributed by atoms with Crippen LogP contribution in [-0.4, -0.2) is 58.7 Å². The summed E-state index contributed by atoms with van der Waals surface area (Å²) in [5.74, 6) is 2.65. The summed E-state index contributed by atoms with van der Waals surface area (Å²) in [7, 11) is 4.81. The van der Waals surface area contributed by atoms with Crippen molar-refractivity contribution in [3.63, 3.8) is 0 Å². The molecule has 176 valence electrons. The lowest BCUT2D eigenvalue weighted by Gasteiger charge is -2.17. The van der Waals surface area contributed by atoms with Crippen LogP contribution in [0.4, 0.5) is 0 Å². The lowest BCUT2D eigenvalue weighted by Crippen LogP contribution is -2.39. The first-order valence-corrected chi connectivity index (χ1v) is 10.6. The first-order chi connectivity index (χ1) is 15.5. The molecule has 0 aromatic heterocycles. The van der Waals surface area contributed by atoms with Gasteiger partial charge in [-0.3, -0.25) is 0 Å². The number of methoxy groups -OCH3 is 3. The maximum atomic E-state index is 10.7. The Morgan fingerprint density at radius 3 is 2.34 bits per heavy atom. The van der Waals surface area contributed by atoms with E-state index in [-0.39, 0.29) is 6.54 Å². The third kappa shape index (κ3) is 7.94. The normalized spacial score (nSPS) is 12.2. The quantitative estimate of drug-likeness (QED) is 0.263. The van der Waals surface area contributed by atoms with Gasteiger partial charge in [-0.15, -0.1) is 0 Å². The zero-order valence-corrected chi connectivity index (χ0v) is 19.6. The number of nitrogens with zero attached hydrogens (tertiary/aromatic N) is 1. The number of rotatable bonds is 12. The van der Waals surface area contributed by atoms with Crippen molar-refractivity contribution in [2.75, 3.05) is 47.6 Å². The van der Waals surface area contributed by atoms with Crippen molar-refractivity contribution in [1.29, 1.82) is 0 Å². The van der Waals surface area contributed by atoms with E-state index in [9.17, 15) is 5.11 Å². The van der Waals surface area contributed by atoms with Crippen molar-refractivity contribution < 1.29 is 24.1 Å². The standard InChI is InChI=1S/C24H35N3O5/c1-6-25-24(26-15-18-8-7-17(2)11-23(18)32-10-9-29-3)27-16-22(28)19-12-20(30-4)14-21(13-19)31-5/h7-8,11-14,22,28H,6,9-10,15-16H2,1-5H3,(H2,25,26,27). The minimum absolute atomic E-state index is 0.271. The number of aliphatic hydroxyl groups is 1. The van der Waals surface area contributed by atoms with E-state index in [2.05, 4.69) is 15.6 Å². The number of benzene rings is 2. The van der Waals surface area contributed by atoms with Crippen LogP contribution >= 0.6 is 0 Å². The van der Waals surface area contributed by atoms with Crippen molar-refractivity contribution in [2.24, 2.45) is 4.99 Å². The Labute approximate surface area is 190 Å². The Hall–Kier alpha value is -2.97. The second-order valence-electron chi connectivity index (χ2n) is 7.19. The SMILES string of the molecule is CCNC(=NCc1ccc(C)cc1OCCOC)NCC(O)c1cc(OC)cc(OC)c1. The molecule has 1 atom stereocenters. The molecule has 2 rings (SSSR count). The van der Waals surface area contributed by atoms with Gasteiger partial charge in [-0.25, -0.2) is 4.99 Å². The number of hydrogen-bond acceptors (Lipinski definition) is 6. The van der Waals surface area contributed by atoms with Crippen LogP contribution in [0.3, 0.4) is 0 Å². The first-order valence-electron chi connectivity index (χ1n) is 10.6. The molecule has 0 saturated carbocycles. The van der Waals surface area contributed by atoms with Gasteiger partial charge in [0.25, 0.3) is 0 Å². The molecule has 32 heavy (non-hydrogen) atoms. The summed E-state index contributed by atoms with van der Waals surface area (Å²) in [5.41, 5.74) is 2.78. The van der Waals surface area contributed by atoms with Crippen LogP contribution in [0.2, 0.25) is 0 Å². The molecule has 0 saturated heterocycles. The molecule has 2 aromatic rings. The highest BCUT2D eigenvalue weighted by Crippen LogP contribution is 2.26. The highest BCUT2D eigenvalue weighted by molar-refractivity contribution is 5.79.